The normalized spacial score (nSPS) is 11.5. The van der Waals surface area contributed by atoms with Crippen molar-refractivity contribution in [1.82, 2.24) is 15.0 Å². The molecule has 0 unspecified atom stereocenters. The summed E-state index contributed by atoms with van der Waals surface area (Å²) in [6, 6.07) is 4.62. The van der Waals surface area contributed by atoms with Crippen LogP contribution in [0.15, 0.2) is 24.3 Å². The molecular formula is C10H6F3N3O3. The van der Waals surface area contributed by atoms with E-state index in [-0.39, 0.29) is 11.4 Å². The molecule has 0 radical (unpaired) electrons. The Morgan fingerprint density at radius 2 is 1.79 bits per heavy atom. The van der Waals surface area contributed by atoms with Gasteiger partial charge in [0.2, 0.25) is 5.69 Å². The topological polar surface area (TPSA) is 88.2 Å². The van der Waals surface area contributed by atoms with Gasteiger partial charge in [-0.15, -0.1) is 5.10 Å². The van der Waals surface area contributed by atoms with E-state index in [1.165, 1.54) is 0 Å². The van der Waals surface area contributed by atoms with Gasteiger partial charge in [0.05, 0.1) is 5.69 Å². The highest BCUT2D eigenvalue weighted by Crippen LogP contribution is 2.32. The highest BCUT2D eigenvalue weighted by atomic mass is 19.4. The number of aromatic carboxylic acids is 1. The summed E-state index contributed by atoms with van der Waals surface area (Å²) in [4.78, 5) is 10.7. The second-order valence-electron chi connectivity index (χ2n) is 3.52. The number of alkyl halides is 3. The molecule has 2 aromatic rings. The standard InChI is InChI=1S/C10H6F3N3O3/c11-10(12,13)8-7(9(18)19)14-15-16(8)5-1-3-6(17)4-2-5/h1-4,17H,(H,18,19). The van der Waals surface area contributed by atoms with Gasteiger partial charge in [-0.1, -0.05) is 5.21 Å². The number of halogens is 3. The van der Waals surface area contributed by atoms with Gasteiger partial charge in [-0.05, 0) is 24.3 Å². The van der Waals surface area contributed by atoms with Crippen LogP contribution in [0, 0.1) is 0 Å². The summed E-state index contributed by atoms with van der Waals surface area (Å²) in [6.07, 6.45) is -4.92. The molecule has 6 nitrogen and oxygen atoms in total. The first kappa shape index (κ1) is 12.9. The molecule has 0 amide bonds. The van der Waals surface area contributed by atoms with E-state index < -0.39 is 23.5 Å². The first-order valence-electron chi connectivity index (χ1n) is 4.86. The van der Waals surface area contributed by atoms with Crippen LogP contribution < -0.4 is 0 Å². The van der Waals surface area contributed by atoms with Crippen molar-refractivity contribution in [2.24, 2.45) is 0 Å². The number of aromatic nitrogens is 3. The van der Waals surface area contributed by atoms with Crippen LogP contribution >= 0.6 is 0 Å². The molecule has 0 spiro atoms. The van der Waals surface area contributed by atoms with Crippen LogP contribution in [0.3, 0.4) is 0 Å². The number of benzene rings is 1. The van der Waals surface area contributed by atoms with Crippen molar-refractivity contribution in [2.75, 3.05) is 0 Å². The van der Waals surface area contributed by atoms with Crippen molar-refractivity contribution in [3.05, 3.63) is 35.7 Å². The smallest absolute Gasteiger partial charge is 0.436 e. The zero-order valence-corrected chi connectivity index (χ0v) is 9.09. The number of phenolic OH excluding ortho intramolecular Hbond substituents is 1. The summed E-state index contributed by atoms with van der Waals surface area (Å²) in [7, 11) is 0. The van der Waals surface area contributed by atoms with Gasteiger partial charge in [-0.25, -0.2) is 9.48 Å². The maximum atomic E-state index is 12.9. The molecule has 2 N–H and O–H groups in total. The minimum Gasteiger partial charge on any atom is -0.508 e. The number of hydrogen-bond acceptors (Lipinski definition) is 4. The highest BCUT2D eigenvalue weighted by molar-refractivity contribution is 5.86. The van der Waals surface area contributed by atoms with Crippen LogP contribution in [0.1, 0.15) is 16.2 Å². The van der Waals surface area contributed by atoms with Gasteiger partial charge in [0.1, 0.15) is 5.75 Å². The van der Waals surface area contributed by atoms with Gasteiger partial charge >= 0.3 is 12.1 Å². The summed E-state index contributed by atoms with van der Waals surface area (Å²) in [5, 5.41) is 23.9. The Labute approximate surface area is 103 Å². The fourth-order valence-corrected chi connectivity index (χ4v) is 1.45. The number of nitrogens with zero attached hydrogens (tertiary/aromatic N) is 3. The Bertz CT molecular complexity index is 619. The van der Waals surface area contributed by atoms with Crippen LogP contribution in [-0.4, -0.2) is 31.2 Å². The van der Waals surface area contributed by atoms with E-state index in [4.69, 9.17) is 10.2 Å². The SMILES string of the molecule is O=C(O)c1nnn(-c2ccc(O)cc2)c1C(F)(F)F. The predicted molar refractivity (Wildman–Crippen MR) is 55.0 cm³/mol. The van der Waals surface area contributed by atoms with Crippen molar-refractivity contribution in [3.63, 3.8) is 0 Å². The van der Waals surface area contributed by atoms with E-state index in [2.05, 4.69) is 10.3 Å². The lowest BCUT2D eigenvalue weighted by molar-refractivity contribution is -0.143. The minimum atomic E-state index is -4.92. The molecule has 0 aliphatic carbocycles. The number of rotatable bonds is 2. The molecule has 0 atom stereocenters. The third kappa shape index (κ3) is 2.34. The molecule has 0 saturated carbocycles. The third-order valence-electron chi connectivity index (χ3n) is 2.24. The lowest BCUT2D eigenvalue weighted by atomic mass is 10.2. The Morgan fingerprint density at radius 3 is 2.26 bits per heavy atom. The van der Waals surface area contributed by atoms with Crippen molar-refractivity contribution in [3.8, 4) is 11.4 Å². The molecule has 1 aromatic carbocycles. The number of carboxylic acid groups (broad SMARTS) is 1. The molecule has 1 heterocycles. The average Bonchev–Trinajstić information content (AvgIpc) is 2.74. The van der Waals surface area contributed by atoms with Crippen LogP contribution in [-0.2, 0) is 6.18 Å². The Morgan fingerprint density at radius 1 is 1.21 bits per heavy atom. The molecule has 2 rings (SSSR count). The van der Waals surface area contributed by atoms with Crippen LogP contribution in [0.25, 0.3) is 5.69 Å². The van der Waals surface area contributed by atoms with Crippen molar-refractivity contribution in [2.45, 2.75) is 6.18 Å². The van der Waals surface area contributed by atoms with E-state index >= 15 is 0 Å². The fraction of sp³-hybridized carbons (Fsp3) is 0.100. The van der Waals surface area contributed by atoms with Gasteiger partial charge in [0.25, 0.3) is 0 Å². The molecule has 19 heavy (non-hydrogen) atoms. The van der Waals surface area contributed by atoms with E-state index in [0.717, 1.165) is 24.3 Å². The third-order valence-corrected chi connectivity index (χ3v) is 2.24. The number of phenols is 1. The Balaban J connectivity index is 2.64. The van der Waals surface area contributed by atoms with Gasteiger partial charge < -0.3 is 10.2 Å². The summed E-state index contributed by atoms with van der Waals surface area (Å²) in [5.74, 6) is -1.96. The van der Waals surface area contributed by atoms with Crippen LogP contribution in [0.4, 0.5) is 13.2 Å². The zero-order chi connectivity index (χ0) is 14.2. The molecule has 0 saturated heterocycles. The molecule has 0 bridgehead atoms. The monoisotopic (exact) mass is 273 g/mol. The van der Waals surface area contributed by atoms with Gasteiger partial charge in [0, 0.05) is 0 Å². The molecule has 0 aliphatic rings. The van der Waals surface area contributed by atoms with E-state index in [9.17, 15) is 18.0 Å². The molecule has 9 heteroatoms. The number of hydrogen-bond donors (Lipinski definition) is 2. The molecule has 100 valence electrons. The van der Waals surface area contributed by atoms with Crippen molar-refractivity contribution < 1.29 is 28.2 Å². The van der Waals surface area contributed by atoms with Crippen LogP contribution in [0.2, 0.25) is 0 Å². The summed E-state index contributed by atoms with van der Waals surface area (Å²) >= 11 is 0. The molecule has 0 aliphatic heterocycles. The number of carbonyl (C=O) groups is 1. The first-order chi connectivity index (χ1) is 8.80. The van der Waals surface area contributed by atoms with E-state index in [0.29, 0.717) is 4.68 Å². The van der Waals surface area contributed by atoms with Crippen molar-refractivity contribution in [1.29, 1.82) is 0 Å². The zero-order valence-electron chi connectivity index (χ0n) is 9.09. The first-order valence-corrected chi connectivity index (χ1v) is 4.86. The lowest BCUT2D eigenvalue weighted by Gasteiger charge is -2.09. The number of aromatic hydroxyl groups is 1. The van der Waals surface area contributed by atoms with Gasteiger partial charge in [-0.3, -0.25) is 0 Å². The quantitative estimate of drug-likeness (QED) is 0.869. The molecule has 1 aromatic heterocycles. The minimum absolute atomic E-state index is 0.0647. The Kier molecular flexibility index (Phi) is 2.89. The largest absolute Gasteiger partial charge is 0.508 e. The van der Waals surface area contributed by atoms with E-state index in [1.807, 2.05) is 0 Å². The van der Waals surface area contributed by atoms with Gasteiger partial charge in [-0.2, -0.15) is 13.2 Å². The predicted octanol–water partition coefficient (Wildman–Crippen LogP) is 1.69. The molecular weight excluding hydrogens is 267 g/mol. The summed E-state index contributed by atoms with van der Waals surface area (Å²) < 4.78 is 38.9. The summed E-state index contributed by atoms with van der Waals surface area (Å²) in [5.41, 5.74) is -2.73. The lowest BCUT2D eigenvalue weighted by Crippen LogP contribution is -2.17. The summed E-state index contributed by atoms with van der Waals surface area (Å²) in [6.45, 7) is 0. The maximum Gasteiger partial charge on any atom is 0.436 e. The second kappa shape index (κ2) is 4.26. The van der Waals surface area contributed by atoms with Crippen molar-refractivity contribution >= 4 is 5.97 Å². The van der Waals surface area contributed by atoms with Crippen LogP contribution in [0.5, 0.6) is 5.75 Å². The average molecular weight is 273 g/mol. The van der Waals surface area contributed by atoms with E-state index in [1.54, 1.807) is 0 Å². The number of carboxylic acids is 1. The van der Waals surface area contributed by atoms with Gasteiger partial charge in [0.15, 0.2) is 5.69 Å². The fourth-order valence-electron chi connectivity index (χ4n) is 1.45. The molecule has 0 fully saturated rings. The maximum absolute atomic E-state index is 12.9. The highest BCUT2D eigenvalue weighted by Gasteiger charge is 2.42. The Hall–Kier alpha value is -2.58. The second-order valence-corrected chi connectivity index (χ2v) is 3.52.